The zero-order valence-electron chi connectivity index (χ0n) is 18.1. The summed E-state index contributed by atoms with van der Waals surface area (Å²) >= 11 is 5.92. The minimum Gasteiger partial charge on any atom is -0.372 e. The van der Waals surface area contributed by atoms with Gasteiger partial charge in [-0.2, -0.15) is 44.6 Å². The van der Waals surface area contributed by atoms with Crippen LogP contribution < -0.4 is 10.6 Å². The lowest BCUT2D eigenvalue weighted by molar-refractivity contribution is -0.278. The quantitative estimate of drug-likeness (QED) is 0.314. The fraction of sp³-hybridized carbons (Fsp3) is 0.368. The number of alkyl halides is 9. The summed E-state index contributed by atoms with van der Waals surface area (Å²) in [5.74, 6) is -2.92. The summed E-state index contributed by atoms with van der Waals surface area (Å²) in [5, 5.41) is 8.92. The van der Waals surface area contributed by atoms with E-state index in [2.05, 4.69) is 15.1 Å². The van der Waals surface area contributed by atoms with Gasteiger partial charge in [0.15, 0.2) is 5.69 Å². The molecule has 0 radical (unpaired) electrons. The van der Waals surface area contributed by atoms with Gasteiger partial charge >= 0.3 is 18.7 Å². The van der Waals surface area contributed by atoms with E-state index < -0.39 is 66.0 Å². The normalized spacial score (nSPS) is 18.3. The van der Waals surface area contributed by atoms with E-state index in [1.807, 2.05) is 5.32 Å². The molecule has 37 heavy (non-hydrogen) atoms. The van der Waals surface area contributed by atoms with Crippen molar-refractivity contribution in [2.24, 2.45) is 12.2 Å². The smallest absolute Gasteiger partial charge is 0.372 e. The second kappa shape index (κ2) is 9.42. The largest absolute Gasteiger partial charge is 0.484 e. The fourth-order valence-electron chi connectivity index (χ4n) is 3.35. The van der Waals surface area contributed by atoms with Crippen LogP contribution in [0, 0.1) is 0 Å². The molecule has 0 bridgehead atoms. The summed E-state index contributed by atoms with van der Waals surface area (Å²) in [7, 11) is 0.865. The molecular formula is C19H13ClF9N5O3. The first-order valence-electron chi connectivity index (χ1n) is 9.73. The van der Waals surface area contributed by atoms with Crippen LogP contribution in [0.25, 0.3) is 0 Å². The molecule has 1 unspecified atom stereocenters. The molecule has 0 aliphatic carbocycles. The summed E-state index contributed by atoms with van der Waals surface area (Å²) in [5.41, 5.74) is -6.73. The molecule has 1 aliphatic rings. The Morgan fingerprint density at radius 3 is 2.27 bits per heavy atom. The lowest BCUT2D eigenvalue weighted by Gasteiger charge is -2.28. The molecule has 2 aromatic rings. The van der Waals surface area contributed by atoms with Crippen molar-refractivity contribution in [3.05, 3.63) is 46.2 Å². The Kier molecular flexibility index (Phi) is 7.15. The highest BCUT2D eigenvalue weighted by atomic mass is 35.5. The second-order valence-corrected chi connectivity index (χ2v) is 8.04. The Morgan fingerprint density at radius 1 is 1.08 bits per heavy atom. The van der Waals surface area contributed by atoms with Crippen molar-refractivity contribution >= 4 is 34.8 Å². The average molecular weight is 566 g/mol. The molecule has 1 aromatic carbocycles. The highest BCUT2D eigenvalue weighted by Crippen LogP contribution is 2.49. The number of benzene rings is 1. The van der Waals surface area contributed by atoms with Crippen molar-refractivity contribution in [2.45, 2.75) is 37.1 Å². The summed E-state index contributed by atoms with van der Waals surface area (Å²) in [6, 6.07) is 3.45. The second-order valence-electron chi connectivity index (χ2n) is 7.63. The number of aryl methyl sites for hydroxylation is 1. The van der Waals surface area contributed by atoms with Crippen LogP contribution in [0.4, 0.5) is 45.2 Å². The molecule has 0 saturated heterocycles. The van der Waals surface area contributed by atoms with Crippen LogP contribution in [0.15, 0.2) is 29.4 Å². The molecule has 0 fully saturated rings. The third kappa shape index (κ3) is 6.08. The van der Waals surface area contributed by atoms with Crippen molar-refractivity contribution in [3.63, 3.8) is 0 Å². The van der Waals surface area contributed by atoms with E-state index in [-0.39, 0.29) is 22.3 Å². The number of hydrogen-bond donors (Lipinski definition) is 2. The maximum absolute atomic E-state index is 14.1. The number of nitrogens with zero attached hydrogens (tertiary/aromatic N) is 3. The molecule has 8 nitrogen and oxygen atoms in total. The zero-order valence-corrected chi connectivity index (χ0v) is 18.8. The number of rotatable bonds is 5. The van der Waals surface area contributed by atoms with Gasteiger partial charge in [0.1, 0.15) is 6.42 Å². The van der Waals surface area contributed by atoms with Gasteiger partial charge in [-0.3, -0.25) is 19.6 Å². The van der Waals surface area contributed by atoms with Crippen LogP contribution in [-0.2, 0) is 33.3 Å². The van der Waals surface area contributed by atoms with Crippen molar-refractivity contribution in [1.29, 1.82) is 0 Å². The number of halogens is 10. The van der Waals surface area contributed by atoms with Gasteiger partial charge < -0.3 is 10.2 Å². The maximum Gasteiger partial charge on any atom is 0.484 e. The van der Waals surface area contributed by atoms with Gasteiger partial charge in [-0.05, 0) is 18.2 Å². The van der Waals surface area contributed by atoms with Crippen LogP contribution >= 0.6 is 11.6 Å². The third-order valence-electron chi connectivity index (χ3n) is 4.95. The molecule has 2 amide bonds. The molecule has 0 spiro atoms. The van der Waals surface area contributed by atoms with Crippen LogP contribution in [0.1, 0.15) is 29.8 Å². The van der Waals surface area contributed by atoms with Gasteiger partial charge in [0.25, 0.3) is 5.60 Å². The molecular weight excluding hydrogens is 553 g/mol. The number of oxime groups is 1. The first-order chi connectivity index (χ1) is 16.8. The minimum absolute atomic E-state index is 0.121. The summed E-state index contributed by atoms with van der Waals surface area (Å²) in [6.07, 6.45) is -17.7. The van der Waals surface area contributed by atoms with Crippen LogP contribution in [0.2, 0.25) is 5.02 Å². The van der Waals surface area contributed by atoms with E-state index in [0.717, 1.165) is 25.2 Å². The van der Waals surface area contributed by atoms with Crippen LogP contribution in [0.5, 0.6) is 0 Å². The number of hydrogen-bond acceptors (Lipinski definition) is 5. The number of nitrogens with one attached hydrogen (secondary N) is 2. The summed E-state index contributed by atoms with van der Waals surface area (Å²) in [4.78, 5) is 27.9. The van der Waals surface area contributed by atoms with Gasteiger partial charge in [0, 0.05) is 12.6 Å². The van der Waals surface area contributed by atoms with E-state index in [1.54, 1.807) is 0 Å². The SMILES string of the molecule is Cn1nc(C(F)(F)F)cc1C1(C(F)(F)F)CC(c2ccc(Cl)c(NC(=O)CC(=O)NC(F)(F)F)c2)=NO1. The van der Waals surface area contributed by atoms with Gasteiger partial charge in [-0.15, -0.1) is 0 Å². The molecule has 2 N–H and O–H groups in total. The Labute approximate surface area is 205 Å². The first kappa shape index (κ1) is 28.1. The predicted octanol–water partition coefficient (Wildman–Crippen LogP) is 4.64. The monoisotopic (exact) mass is 565 g/mol. The highest BCUT2D eigenvalue weighted by molar-refractivity contribution is 6.34. The highest BCUT2D eigenvalue weighted by Gasteiger charge is 2.64. The lowest BCUT2D eigenvalue weighted by Crippen LogP contribution is -2.44. The van der Waals surface area contributed by atoms with Gasteiger partial charge in [0.05, 0.1) is 28.5 Å². The Balaban J connectivity index is 1.87. The van der Waals surface area contributed by atoms with E-state index >= 15 is 0 Å². The predicted molar refractivity (Wildman–Crippen MR) is 107 cm³/mol. The molecule has 2 heterocycles. The average Bonchev–Trinajstić information content (AvgIpc) is 3.32. The van der Waals surface area contributed by atoms with Crippen LogP contribution in [0.3, 0.4) is 0 Å². The van der Waals surface area contributed by atoms with E-state index in [9.17, 15) is 49.1 Å². The molecule has 202 valence electrons. The molecule has 1 atom stereocenters. The number of anilines is 1. The Bertz CT molecular complexity index is 1250. The first-order valence-corrected chi connectivity index (χ1v) is 10.1. The van der Waals surface area contributed by atoms with Crippen molar-refractivity contribution in [3.8, 4) is 0 Å². The standard InChI is InChI=1S/C19H13ClF9N5O3/c1-34-13(5-12(32-34)17(21,22)23)16(18(24,25)26)7-11(33-37-16)8-2-3-9(20)10(4-8)30-14(35)6-15(36)31-19(27,28)29/h2-5H,6-7H2,1H3,(H,30,35)(H,31,36). The third-order valence-corrected chi connectivity index (χ3v) is 5.28. The van der Waals surface area contributed by atoms with Crippen molar-refractivity contribution in [2.75, 3.05) is 5.32 Å². The fourth-order valence-corrected chi connectivity index (χ4v) is 3.51. The molecule has 3 rings (SSSR count). The number of carbonyl (C=O) groups excluding carboxylic acids is 2. The van der Waals surface area contributed by atoms with Crippen molar-refractivity contribution < 1.29 is 53.9 Å². The number of amides is 2. The lowest BCUT2D eigenvalue weighted by atomic mass is 9.90. The number of aromatic nitrogens is 2. The number of carbonyl (C=O) groups is 2. The molecule has 0 saturated carbocycles. The van der Waals surface area contributed by atoms with Crippen molar-refractivity contribution in [1.82, 2.24) is 15.1 Å². The van der Waals surface area contributed by atoms with E-state index in [0.29, 0.717) is 10.00 Å². The summed E-state index contributed by atoms with van der Waals surface area (Å²) in [6.45, 7) is 0. The summed E-state index contributed by atoms with van der Waals surface area (Å²) < 4.78 is 118. The minimum atomic E-state index is -5.26. The Hall–Kier alpha value is -3.50. The van der Waals surface area contributed by atoms with Gasteiger partial charge in [-0.25, -0.2) is 0 Å². The zero-order chi connectivity index (χ0) is 28.0. The maximum atomic E-state index is 14.1. The van der Waals surface area contributed by atoms with E-state index in [1.165, 1.54) is 0 Å². The topological polar surface area (TPSA) is 97.6 Å². The molecule has 1 aliphatic heterocycles. The van der Waals surface area contributed by atoms with E-state index in [4.69, 9.17) is 11.6 Å². The van der Waals surface area contributed by atoms with Gasteiger partial charge in [0.2, 0.25) is 11.8 Å². The Morgan fingerprint density at radius 2 is 1.73 bits per heavy atom. The molecule has 18 heteroatoms. The molecule has 1 aromatic heterocycles. The van der Waals surface area contributed by atoms with Crippen LogP contribution in [-0.4, -0.2) is 39.8 Å². The van der Waals surface area contributed by atoms with Gasteiger partial charge in [-0.1, -0.05) is 22.8 Å².